The quantitative estimate of drug-likeness (QED) is 0.0102. The van der Waals surface area contributed by atoms with Crippen LogP contribution >= 0.6 is 0 Å². The number of aliphatic hydroxyl groups excluding tert-OH is 3. The van der Waals surface area contributed by atoms with Crippen LogP contribution in [0.15, 0.2) is 133 Å². The first-order valence-electron chi connectivity index (χ1n) is 39.2. The fourth-order valence-electron chi connectivity index (χ4n) is 13.1. The maximum atomic E-state index is 13.6. The Kier molecular flexibility index (Phi) is 36.6. The topological polar surface area (TPSA) is 648 Å². The van der Waals surface area contributed by atoms with Crippen molar-refractivity contribution in [2.24, 2.45) is 0 Å². The van der Waals surface area contributed by atoms with E-state index in [2.05, 4.69) is 4.74 Å². The molecule has 0 spiro atoms. The lowest BCUT2D eigenvalue weighted by Crippen LogP contribution is -2.59. The molecule has 9 rings (SSSR count). The van der Waals surface area contributed by atoms with E-state index in [0.717, 1.165) is 92.2 Å². The zero-order valence-corrected chi connectivity index (χ0v) is 70.9. The van der Waals surface area contributed by atoms with E-state index in [1.165, 1.54) is 121 Å². The zero-order chi connectivity index (χ0) is 97.1. The fraction of sp³-hybridized carbons (Fsp3) is 0.337. The first-order chi connectivity index (χ1) is 61.6. The average Bonchev–Trinajstić information content (AvgIpc) is 0.767. The monoisotopic (exact) mass is 1830 g/mol. The molecule has 0 amide bonds. The van der Waals surface area contributed by atoms with Gasteiger partial charge in [0.1, 0.15) is 30.5 Å². The smallest absolute Gasteiger partial charge is 0.338 e. The predicted octanol–water partition coefficient (Wildman–Crippen LogP) is 4.42. The van der Waals surface area contributed by atoms with Crippen LogP contribution in [-0.2, 0) is 123 Å². The first-order valence-corrected chi connectivity index (χ1v) is 39.2. The van der Waals surface area contributed by atoms with Crippen LogP contribution in [0.4, 0.5) is 0 Å². The number of aryl methyl sites for hydroxylation is 2. The average molecular weight is 1830 g/mol. The van der Waals surface area contributed by atoms with Crippen LogP contribution in [0, 0.1) is 0 Å². The highest BCUT2D eigenvalue weighted by Crippen LogP contribution is 2.41. The Labute approximate surface area is 743 Å². The molecule has 3 aliphatic carbocycles. The molecule has 0 bridgehead atoms. The van der Waals surface area contributed by atoms with Crippen LogP contribution < -0.4 is 28.4 Å². The number of phenolic OH excluding ortho intramolecular Hbond substituents is 6. The van der Waals surface area contributed by atoms with Crippen LogP contribution in [0.2, 0.25) is 0 Å². The summed E-state index contributed by atoms with van der Waals surface area (Å²) in [5.74, 6) is -17.7. The number of benzene rings is 6. The molecule has 0 aliphatic heterocycles. The Morgan fingerprint density at radius 3 is 0.939 bits per heavy atom. The van der Waals surface area contributed by atoms with Crippen molar-refractivity contribution >= 4 is 114 Å². The summed E-state index contributed by atoms with van der Waals surface area (Å²) in [7, 11) is 2.07. The molecule has 13 N–H and O–H groups in total. The van der Waals surface area contributed by atoms with Gasteiger partial charge in [-0.1, -0.05) is 36.4 Å². The van der Waals surface area contributed by atoms with Gasteiger partial charge < -0.3 is 133 Å². The van der Waals surface area contributed by atoms with Crippen molar-refractivity contribution in [2.45, 2.75) is 177 Å². The van der Waals surface area contributed by atoms with Crippen molar-refractivity contribution < 1.29 is 205 Å². The molecule has 3 fully saturated rings. The number of carboxylic acids is 1. The van der Waals surface area contributed by atoms with Gasteiger partial charge in [0.25, 0.3) is 0 Å². The summed E-state index contributed by atoms with van der Waals surface area (Å²) in [6.07, 6.45) is -10.1. The second-order valence-electron chi connectivity index (χ2n) is 29.5. The summed E-state index contributed by atoms with van der Waals surface area (Å²) in [4.78, 5) is 186. The molecule has 42 nitrogen and oxygen atoms in total. The lowest BCUT2D eigenvalue weighted by atomic mass is 9.79. The number of aromatic hydroxyl groups is 6. The molecule has 42 heteroatoms. The maximum absolute atomic E-state index is 13.6. The molecule has 3 aliphatic rings. The van der Waals surface area contributed by atoms with Crippen LogP contribution in [0.1, 0.15) is 126 Å². The number of hydrogen-bond donors (Lipinski definition) is 13. The molecule has 0 heterocycles. The number of phenols is 6. The third kappa shape index (κ3) is 31.1. The van der Waals surface area contributed by atoms with Crippen molar-refractivity contribution in [3.05, 3.63) is 167 Å². The number of hydrogen-bond acceptors (Lipinski definition) is 41. The molecule has 10 atom stereocenters. The van der Waals surface area contributed by atoms with Gasteiger partial charge in [-0.05, 0) is 143 Å². The first kappa shape index (κ1) is 103. The fourth-order valence-corrected chi connectivity index (χ4v) is 13.1. The molecule has 0 unspecified atom stereocenters. The number of methoxy groups -OCH3 is 2. The molecular weight excluding hydrogens is 1740 g/mol. The second-order valence-corrected chi connectivity index (χ2v) is 29.5. The zero-order valence-electron chi connectivity index (χ0n) is 70.9. The van der Waals surface area contributed by atoms with E-state index in [1.54, 1.807) is 0 Å². The highest BCUT2D eigenvalue weighted by atomic mass is 16.6. The largest absolute Gasteiger partial charge is 0.504 e. The van der Waals surface area contributed by atoms with Crippen molar-refractivity contribution in [1.29, 1.82) is 0 Å². The summed E-state index contributed by atoms with van der Waals surface area (Å²) in [5, 5.41) is 127. The van der Waals surface area contributed by atoms with Gasteiger partial charge in [-0.3, -0.25) is 38.4 Å². The van der Waals surface area contributed by atoms with Gasteiger partial charge in [-0.25, -0.2) is 33.6 Å². The summed E-state index contributed by atoms with van der Waals surface area (Å²) in [5.41, 5.74) is -5.14. The molecule has 0 radical (unpaired) electrons. The van der Waals surface area contributed by atoms with Gasteiger partial charge in [0.05, 0.1) is 26.4 Å². The number of aliphatic hydroxyl groups is 6. The number of carboxylic acid groups (broad SMARTS) is 1. The number of aliphatic carboxylic acids is 1. The van der Waals surface area contributed by atoms with Gasteiger partial charge in [0, 0.05) is 117 Å². The van der Waals surface area contributed by atoms with Gasteiger partial charge in [-0.2, -0.15) is 0 Å². The normalized spacial score (nSPS) is 21.4. The summed E-state index contributed by atoms with van der Waals surface area (Å²) in [6, 6.07) is 23.4. The van der Waals surface area contributed by atoms with Crippen LogP contribution in [0.5, 0.6) is 69.0 Å². The van der Waals surface area contributed by atoms with Crippen molar-refractivity contribution in [3.63, 3.8) is 0 Å². The van der Waals surface area contributed by atoms with Crippen LogP contribution in [0.25, 0.3) is 24.3 Å². The number of carbonyl (C=O) groups excluding carboxylic acids is 14. The molecule has 0 aromatic heterocycles. The Morgan fingerprint density at radius 2 is 0.603 bits per heavy atom. The maximum Gasteiger partial charge on any atom is 0.338 e. The third-order valence-electron chi connectivity index (χ3n) is 19.0. The van der Waals surface area contributed by atoms with E-state index in [0.29, 0.717) is 11.1 Å². The molecule has 6 aromatic rings. The van der Waals surface area contributed by atoms with Crippen LogP contribution in [0.3, 0.4) is 0 Å². The molecule has 700 valence electrons. The second kappa shape index (κ2) is 46.6. The van der Waals surface area contributed by atoms with Gasteiger partial charge in [0.2, 0.25) is 0 Å². The molecule has 3 saturated carbocycles. The molecular formula is C89H92O42. The lowest BCUT2D eigenvalue weighted by Gasteiger charge is -2.42. The van der Waals surface area contributed by atoms with Crippen molar-refractivity contribution in [2.75, 3.05) is 14.2 Å². The number of esters is 14. The van der Waals surface area contributed by atoms with Gasteiger partial charge in [-0.15, -0.1) is 0 Å². The molecule has 131 heavy (non-hydrogen) atoms. The Morgan fingerprint density at radius 1 is 0.328 bits per heavy atom. The molecule has 0 saturated heterocycles. The van der Waals surface area contributed by atoms with E-state index in [4.69, 9.17) is 66.7 Å². The highest BCUT2D eigenvalue weighted by Gasteiger charge is 2.57. The SMILES string of the molecule is COC(=O)C1(O)C[C@@H](O)C(O)[C@H](O)C1.COC(=O)[C@]1(O)C[C@@H](OC(=O)/C=C/c2ccc(OC(C)=O)c(OC(C)=O)c2)[C@@H](OC(=O)/C=C/c2ccc(OC(C)=O)c(OC(C)=O)c2)[C@H](OC(=O)CCc2ccc(OC(C)=O)c(OC(C)=O)c2)C1.O=C(/C=C/c1ccc(O)c(O)c1)O[C@@H]1[C@H](OC(=O)/C=C/c2ccc(O)c(O)c2)C[C@@](O)(C(=O)O)C[C@H]1OC(=O)CCc1ccc(O)c(O)c1. The third-order valence-corrected chi connectivity index (χ3v) is 19.0. The minimum Gasteiger partial charge on any atom is -0.504 e. The van der Waals surface area contributed by atoms with Gasteiger partial charge in [0.15, 0.2) is 98.0 Å². The van der Waals surface area contributed by atoms with E-state index in [1.807, 2.05) is 0 Å². The Bertz CT molecular complexity index is 5390. The Hall–Kier alpha value is -15.1. The summed E-state index contributed by atoms with van der Waals surface area (Å²) >= 11 is 0. The predicted molar refractivity (Wildman–Crippen MR) is 441 cm³/mol. The Balaban J connectivity index is 0.000000322. The minimum atomic E-state index is -2.60. The highest BCUT2D eigenvalue weighted by molar-refractivity contribution is 5.91. The molecule has 6 aromatic carbocycles. The van der Waals surface area contributed by atoms with E-state index in [9.17, 15) is 133 Å². The number of rotatable bonds is 29. The number of ether oxygens (including phenoxy) is 14. The lowest BCUT2D eigenvalue weighted by molar-refractivity contribution is -0.213. The van der Waals surface area contributed by atoms with Crippen molar-refractivity contribution in [1.82, 2.24) is 0 Å². The standard InChI is InChI=1S/C47H46O21.C34H32O15.C8H14O6/c1-25(48)60-34-14-8-31(20-37(34)63-28(4)51)11-17-42(54)66-40-23-47(58,46(57)59-7)24-41(67-43(55)18-12-32-9-15-35(61-26(2)49)38(21-32)64-29(5)52)45(40)68-44(56)19-13-33-10-16-36(62-27(3)50)39(22-33)65-30(6)53;35-21-7-1-18(13-24(21)38)4-10-29(41)47-27-16-34(46,33(44)45)17-28(48-30(42)11-5-19-2-8-22(36)25(39)14-19)32(27)49-31(43)12-6-20-3-9-23(37)26(40)15-20;1-14-7(12)8(13)2-4(9)6(11)5(10)3-8/h8-11,13-17,19-22,40-41,45,58H,12,18,23-24H2,1-7H3;1-4,6-10,12-15,27-28,32,35-40,46H,5,11,16-17H2,(H,44,45);4-6,9-11,13H,2-3H2,1H3/b17-11+,19-13+;10-4+,12-6+;/t40-,41-,45-,47+;27-,28-,32-,34+;4-,5-,6?,8?/m111/s1. The van der Waals surface area contributed by atoms with Crippen molar-refractivity contribution in [3.8, 4) is 69.0 Å². The summed E-state index contributed by atoms with van der Waals surface area (Å²) in [6.45, 7) is 6.76. The minimum absolute atomic E-state index is 0.00524. The summed E-state index contributed by atoms with van der Waals surface area (Å²) < 4.78 is 73.3. The van der Waals surface area contributed by atoms with Crippen LogP contribution in [-0.4, -0.2) is 242 Å². The van der Waals surface area contributed by atoms with E-state index < -0.39 is 222 Å². The van der Waals surface area contributed by atoms with E-state index in [-0.39, 0.29) is 94.6 Å². The number of carbonyl (C=O) groups is 15. The van der Waals surface area contributed by atoms with Gasteiger partial charge >= 0.3 is 89.5 Å². The van der Waals surface area contributed by atoms with E-state index >= 15 is 0 Å².